The maximum atomic E-state index is 9.51. The first-order valence-electron chi connectivity index (χ1n) is 17.1. The molecule has 44 heavy (non-hydrogen) atoms. The monoisotopic (exact) mass is 573 g/mol. The van der Waals surface area contributed by atoms with Gasteiger partial charge in [0.15, 0.2) is 0 Å². The standard InChI is InChI=1S/C40H35BN2O/c1-39(2)22-23-40(3,4)30-25-34-31(24-29(30)39)41-36-32(42(34)26-14-7-5-8-15-26)19-13-20-33(36)43(27-16-9-6-10-17-27)37-28-18-11-12-21-35(28)44-38(37)41/h5-21,24-25H,22-23H2,1-4H3/i13D,19D,20D. The molecule has 0 saturated heterocycles. The molecule has 9 rings (SSSR count). The highest BCUT2D eigenvalue weighted by Gasteiger charge is 2.48. The van der Waals surface area contributed by atoms with Gasteiger partial charge in [-0.1, -0.05) is 88.3 Å². The van der Waals surface area contributed by atoms with E-state index in [-0.39, 0.29) is 35.7 Å². The number of hydrogen-bond acceptors (Lipinski definition) is 3. The fourth-order valence-electron chi connectivity index (χ4n) is 7.88. The van der Waals surface area contributed by atoms with Crippen molar-refractivity contribution in [2.75, 3.05) is 9.80 Å². The Labute approximate surface area is 264 Å². The first-order valence-corrected chi connectivity index (χ1v) is 15.6. The number of nitrogens with zero attached hydrogens (tertiary/aromatic N) is 2. The van der Waals surface area contributed by atoms with Gasteiger partial charge in [0.05, 0.1) is 15.5 Å². The molecule has 0 spiro atoms. The molecule has 0 atom stereocenters. The van der Waals surface area contributed by atoms with Crippen LogP contribution in [0.15, 0.2) is 120 Å². The van der Waals surface area contributed by atoms with E-state index in [1.54, 1.807) is 0 Å². The Morgan fingerprint density at radius 3 is 1.93 bits per heavy atom. The van der Waals surface area contributed by atoms with Gasteiger partial charge in [0.2, 0.25) is 0 Å². The summed E-state index contributed by atoms with van der Waals surface area (Å²) >= 11 is 0. The number of furan rings is 1. The Morgan fingerprint density at radius 2 is 1.25 bits per heavy atom. The minimum absolute atomic E-state index is 0.0196. The number of rotatable bonds is 2. The minimum atomic E-state index is -0.364. The zero-order valence-electron chi connectivity index (χ0n) is 28.5. The molecule has 6 aromatic rings. The molecule has 4 heteroatoms. The summed E-state index contributed by atoms with van der Waals surface area (Å²) < 4.78 is 35.2. The van der Waals surface area contributed by atoms with E-state index in [4.69, 9.17) is 4.42 Å². The van der Waals surface area contributed by atoms with Gasteiger partial charge >= 0.3 is 0 Å². The van der Waals surface area contributed by atoms with Crippen LogP contribution in [-0.4, -0.2) is 6.71 Å². The van der Waals surface area contributed by atoms with Crippen LogP contribution in [0.3, 0.4) is 0 Å². The van der Waals surface area contributed by atoms with E-state index in [1.807, 2.05) is 66.7 Å². The summed E-state index contributed by atoms with van der Waals surface area (Å²) in [6.07, 6.45) is 2.18. The maximum Gasteiger partial charge on any atom is 0.297 e. The smallest absolute Gasteiger partial charge is 0.297 e. The third-order valence-corrected chi connectivity index (χ3v) is 10.3. The average molecular weight is 574 g/mol. The van der Waals surface area contributed by atoms with E-state index in [0.717, 1.165) is 63.1 Å². The lowest BCUT2D eigenvalue weighted by molar-refractivity contribution is 0.332. The molecule has 0 bridgehead atoms. The van der Waals surface area contributed by atoms with Crippen LogP contribution in [0.25, 0.3) is 11.0 Å². The Balaban J connectivity index is 1.49. The van der Waals surface area contributed by atoms with Crippen LogP contribution < -0.4 is 26.4 Å². The van der Waals surface area contributed by atoms with Gasteiger partial charge in [-0.05, 0) is 100 Å². The zero-order valence-corrected chi connectivity index (χ0v) is 25.5. The lowest BCUT2D eigenvalue weighted by atomic mass is 9.35. The lowest BCUT2D eigenvalue weighted by Crippen LogP contribution is -2.61. The van der Waals surface area contributed by atoms with Crippen LogP contribution in [0, 0.1) is 0 Å². The molecule has 0 N–H and O–H groups in total. The summed E-state index contributed by atoms with van der Waals surface area (Å²) in [6.45, 7) is 9.03. The van der Waals surface area contributed by atoms with Crippen LogP contribution in [0.5, 0.6) is 0 Å². The molecule has 0 fully saturated rings. The second kappa shape index (κ2) is 8.92. The first-order chi connectivity index (χ1) is 22.6. The van der Waals surface area contributed by atoms with E-state index in [9.17, 15) is 4.11 Å². The summed E-state index contributed by atoms with van der Waals surface area (Å²) in [4.78, 5) is 4.29. The molecule has 1 aliphatic carbocycles. The summed E-state index contributed by atoms with van der Waals surface area (Å²) in [7, 11) is 0. The predicted octanol–water partition coefficient (Wildman–Crippen LogP) is 8.86. The quantitative estimate of drug-likeness (QED) is 0.193. The number of para-hydroxylation sites is 3. The Kier molecular flexibility index (Phi) is 4.62. The maximum absolute atomic E-state index is 9.51. The van der Waals surface area contributed by atoms with E-state index in [1.165, 1.54) is 11.1 Å². The van der Waals surface area contributed by atoms with Crippen LogP contribution in [-0.2, 0) is 10.8 Å². The molecular formula is C40H35BN2O. The van der Waals surface area contributed by atoms with Gasteiger partial charge in [-0.15, -0.1) is 0 Å². The van der Waals surface area contributed by atoms with Gasteiger partial charge < -0.3 is 14.2 Å². The van der Waals surface area contributed by atoms with Crippen molar-refractivity contribution < 1.29 is 8.53 Å². The normalized spacial score (nSPS) is 18.1. The van der Waals surface area contributed by atoms with Gasteiger partial charge in [0.1, 0.15) is 5.58 Å². The predicted molar refractivity (Wildman–Crippen MR) is 186 cm³/mol. The van der Waals surface area contributed by atoms with Crippen molar-refractivity contribution in [3.63, 3.8) is 0 Å². The summed E-state index contributed by atoms with van der Waals surface area (Å²) in [6, 6.07) is 33.2. The molecule has 1 aromatic heterocycles. The topological polar surface area (TPSA) is 19.6 Å². The highest BCUT2D eigenvalue weighted by molar-refractivity contribution is 7.00. The summed E-state index contributed by atoms with van der Waals surface area (Å²) in [5.41, 5.74) is 11.2. The van der Waals surface area contributed by atoms with Crippen molar-refractivity contribution in [3.05, 3.63) is 126 Å². The number of anilines is 6. The van der Waals surface area contributed by atoms with Crippen LogP contribution in [0.1, 0.15) is 55.8 Å². The summed E-state index contributed by atoms with van der Waals surface area (Å²) in [5.74, 6) is 0. The lowest BCUT2D eigenvalue weighted by Gasteiger charge is -2.46. The first kappa shape index (κ1) is 22.8. The van der Waals surface area contributed by atoms with E-state index >= 15 is 0 Å². The van der Waals surface area contributed by atoms with E-state index in [0.29, 0.717) is 11.4 Å². The Hall–Kier alpha value is -4.70. The Morgan fingerprint density at radius 1 is 0.682 bits per heavy atom. The van der Waals surface area contributed by atoms with Crippen LogP contribution in [0.4, 0.5) is 34.1 Å². The number of benzene rings is 5. The Bertz CT molecular complexity index is 2260. The largest absolute Gasteiger partial charge is 0.468 e. The SMILES string of the molecule is [2H]c1c([2H])c2c3c(c1[2H])N(c1ccccc1)c1c(oc4ccccc14)B3c1cc3c(cc1N2c1ccccc1)C(C)(C)CCC3(C)C. The van der Waals surface area contributed by atoms with Gasteiger partial charge in [-0.2, -0.15) is 0 Å². The second-order valence-electron chi connectivity index (χ2n) is 13.8. The van der Waals surface area contributed by atoms with Crippen molar-refractivity contribution in [1.29, 1.82) is 0 Å². The van der Waals surface area contributed by atoms with Gasteiger partial charge in [0, 0.05) is 33.8 Å². The van der Waals surface area contributed by atoms with E-state index < -0.39 is 0 Å². The van der Waals surface area contributed by atoms with Crippen molar-refractivity contribution in [1.82, 2.24) is 0 Å². The fourth-order valence-corrected chi connectivity index (χ4v) is 7.88. The fraction of sp³-hybridized carbons (Fsp3) is 0.200. The zero-order chi connectivity index (χ0) is 32.4. The molecule has 2 aliphatic heterocycles. The minimum Gasteiger partial charge on any atom is -0.468 e. The second-order valence-corrected chi connectivity index (χ2v) is 13.8. The van der Waals surface area contributed by atoms with Crippen molar-refractivity contribution in [2.24, 2.45) is 0 Å². The van der Waals surface area contributed by atoms with Crippen molar-refractivity contribution >= 4 is 68.4 Å². The van der Waals surface area contributed by atoms with Gasteiger partial charge in [-0.25, -0.2) is 0 Å². The van der Waals surface area contributed by atoms with Gasteiger partial charge in [0.25, 0.3) is 6.71 Å². The molecule has 0 saturated carbocycles. The molecule has 0 radical (unpaired) electrons. The highest BCUT2D eigenvalue weighted by atomic mass is 16.3. The molecule has 3 nitrogen and oxygen atoms in total. The summed E-state index contributed by atoms with van der Waals surface area (Å²) in [5, 5.41) is 0.964. The molecule has 3 aliphatic rings. The molecule has 214 valence electrons. The molecule has 3 heterocycles. The number of hydrogen-bond donors (Lipinski definition) is 0. The third-order valence-electron chi connectivity index (χ3n) is 10.3. The molecular weight excluding hydrogens is 535 g/mol. The van der Waals surface area contributed by atoms with E-state index in [2.05, 4.69) is 67.8 Å². The average Bonchev–Trinajstić information content (AvgIpc) is 3.47. The third kappa shape index (κ3) is 3.45. The molecule has 0 unspecified atom stereocenters. The van der Waals surface area contributed by atoms with Crippen molar-refractivity contribution in [3.8, 4) is 0 Å². The molecule has 0 amide bonds. The van der Waals surface area contributed by atoms with Crippen molar-refractivity contribution in [2.45, 2.75) is 51.4 Å². The number of fused-ring (bicyclic) bond motifs is 7. The van der Waals surface area contributed by atoms with Crippen LogP contribution in [0.2, 0.25) is 0 Å². The highest BCUT2D eigenvalue weighted by Crippen LogP contribution is 2.50. The van der Waals surface area contributed by atoms with Gasteiger partial charge in [-0.3, -0.25) is 0 Å². The molecule has 5 aromatic carbocycles. The van der Waals surface area contributed by atoms with Crippen LogP contribution >= 0.6 is 0 Å².